The molecule has 1 spiro atoms. The van der Waals surface area contributed by atoms with E-state index >= 15 is 0 Å². The van der Waals surface area contributed by atoms with E-state index in [1.807, 2.05) is 0 Å². The number of benzene rings is 7. The van der Waals surface area contributed by atoms with E-state index in [0.717, 1.165) is 34.3 Å². The molecule has 1 radical (unpaired) electrons. The van der Waals surface area contributed by atoms with E-state index in [1.165, 1.54) is 103 Å². The van der Waals surface area contributed by atoms with E-state index in [2.05, 4.69) is 186 Å². The first-order valence-corrected chi connectivity index (χ1v) is 21.6. The average Bonchev–Trinajstić information content (AvgIpc) is 3.83. The largest absolute Gasteiger partial charge is 0.456 e. The van der Waals surface area contributed by atoms with Crippen LogP contribution in [0.4, 0.5) is 22.7 Å². The van der Waals surface area contributed by atoms with Gasteiger partial charge in [0.2, 0.25) is 0 Å². The number of hydrogen-bond acceptors (Lipinski definition) is 3. The van der Waals surface area contributed by atoms with Crippen LogP contribution >= 0.6 is 0 Å². The topological polar surface area (TPSA) is 28.4 Å². The van der Waals surface area contributed by atoms with Crippen molar-refractivity contribution in [3.05, 3.63) is 167 Å². The first-order chi connectivity index (χ1) is 28.6. The van der Waals surface area contributed by atoms with Crippen molar-refractivity contribution < 1.29 is 4.42 Å². The molecule has 2 aliphatic carbocycles. The van der Waals surface area contributed by atoms with Crippen molar-refractivity contribution in [1.82, 2.24) is 0 Å². The van der Waals surface area contributed by atoms with Crippen molar-refractivity contribution >= 4 is 62.9 Å². The predicted molar refractivity (Wildman–Crippen MR) is 246 cm³/mol. The van der Waals surface area contributed by atoms with E-state index in [9.17, 15) is 0 Å². The van der Waals surface area contributed by atoms with Crippen molar-refractivity contribution in [2.75, 3.05) is 10.2 Å². The van der Waals surface area contributed by atoms with Gasteiger partial charge >= 0.3 is 0 Å². The molecule has 7 aromatic carbocycles. The van der Waals surface area contributed by atoms with Crippen molar-refractivity contribution in [2.24, 2.45) is 0 Å². The second-order valence-electron chi connectivity index (χ2n) is 19.4. The molecular weight excluding hydrogens is 715 g/mol. The van der Waals surface area contributed by atoms with Crippen molar-refractivity contribution in [2.45, 2.75) is 82.1 Å². The molecule has 8 aromatic rings. The normalized spacial score (nSPS) is 21.2. The SMILES string of the molecule is CC(C)(C)c1cc2c3c(c1)C1(C)CCCCC1(C)N3c1cc3oc4ccccc4c3c(-c3cccc4c3Nc3ccccc3C43c4ccccc4-c4ccccc43)c1[B]2. The highest BCUT2D eigenvalue weighted by molar-refractivity contribution is 6.74. The Labute approximate surface area is 347 Å². The number of hydrogen-bond donors (Lipinski definition) is 1. The Morgan fingerprint density at radius 2 is 1.31 bits per heavy atom. The molecule has 1 fully saturated rings. The van der Waals surface area contributed by atoms with Crippen molar-refractivity contribution in [1.29, 1.82) is 0 Å². The van der Waals surface area contributed by atoms with Gasteiger partial charge in [0.15, 0.2) is 7.28 Å². The van der Waals surface area contributed by atoms with Gasteiger partial charge in [0.1, 0.15) is 11.2 Å². The highest BCUT2D eigenvalue weighted by Gasteiger charge is 2.60. The van der Waals surface area contributed by atoms with Crippen LogP contribution in [0.5, 0.6) is 0 Å². The monoisotopic (exact) mass is 761 g/mol. The second kappa shape index (κ2) is 11.2. The average molecular weight is 762 g/mol. The maximum absolute atomic E-state index is 6.96. The summed E-state index contributed by atoms with van der Waals surface area (Å²) < 4.78 is 6.96. The van der Waals surface area contributed by atoms with Crippen LogP contribution in [0.3, 0.4) is 0 Å². The van der Waals surface area contributed by atoms with Gasteiger partial charge in [0.05, 0.1) is 16.6 Å². The van der Waals surface area contributed by atoms with Gasteiger partial charge in [0.25, 0.3) is 0 Å². The number of rotatable bonds is 1. The molecule has 0 bridgehead atoms. The van der Waals surface area contributed by atoms with E-state index in [-0.39, 0.29) is 16.4 Å². The number of furan rings is 1. The minimum absolute atomic E-state index is 0.0139. The molecule has 59 heavy (non-hydrogen) atoms. The molecule has 5 aliphatic rings. The summed E-state index contributed by atoms with van der Waals surface area (Å²) >= 11 is 0. The molecule has 13 rings (SSSR count). The zero-order valence-electron chi connectivity index (χ0n) is 34.5. The van der Waals surface area contributed by atoms with Crippen LogP contribution in [-0.4, -0.2) is 12.8 Å². The van der Waals surface area contributed by atoms with Gasteiger partial charge in [0, 0.05) is 44.9 Å². The minimum atomic E-state index is -0.494. The Bertz CT molecular complexity index is 3120. The lowest BCUT2D eigenvalue weighted by atomic mass is 9.56. The molecule has 3 aliphatic heterocycles. The molecule has 4 heteroatoms. The minimum Gasteiger partial charge on any atom is -0.456 e. The molecule has 0 amide bonds. The number of nitrogens with one attached hydrogen (secondary N) is 1. The van der Waals surface area contributed by atoms with Gasteiger partial charge in [-0.2, -0.15) is 0 Å². The maximum Gasteiger partial charge on any atom is 0.197 e. The summed E-state index contributed by atoms with van der Waals surface area (Å²) in [4.78, 5) is 2.79. The van der Waals surface area contributed by atoms with Gasteiger partial charge < -0.3 is 14.6 Å². The Balaban J connectivity index is 1.17. The summed E-state index contributed by atoms with van der Waals surface area (Å²) in [5.74, 6) is 0. The fourth-order valence-corrected chi connectivity index (χ4v) is 12.7. The number of anilines is 4. The third kappa shape index (κ3) is 4.01. The Kier molecular flexibility index (Phi) is 6.43. The third-order valence-corrected chi connectivity index (χ3v) is 15.6. The van der Waals surface area contributed by atoms with Crippen molar-refractivity contribution in [3.8, 4) is 22.3 Å². The van der Waals surface area contributed by atoms with E-state index in [4.69, 9.17) is 4.42 Å². The summed E-state index contributed by atoms with van der Waals surface area (Å²) in [5, 5.41) is 6.45. The van der Waals surface area contributed by atoms with Gasteiger partial charge in [-0.05, 0) is 92.8 Å². The van der Waals surface area contributed by atoms with Crippen LogP contribution in [0.2, 0.25) is 0 Å². The van der Waals surface area contributed by atoms with Crippen LogP contribution in [0, 0.1) is 0 Å². The first-order valence-electron chi connectivity index (χ1n) is 21.6. The standard InChI is InChI=1S/C55H46BN2O/c1-52(2,3)32-29-41-51-42(30-32)56-49-44(58(51)54(5)28-15-14-27-53(41,54)4)31-46-47(35-19-8-13-26-45(35)59-46)48(49)36-20-16-24-40-50(36)57-43-25-12-11-23-39(43)55(40)37-21-9-6-17-33(37)34-18-7-10-22-38(34)55/h6-13,16-26,29-31,57H,14-15,27-28H2,1-5H3. The summed E-state index contributed by atoms with van der Waals surface area (Å²) in [6.45, 7) is 12.2. The van der Waals surface area contributed by atoms with Gasteiger partial charge in [-0.1, -0.05) is 161 Å². The molecule has 4 heterocycles. The second-order valence-corrected chi connectivity index (χ2v) is 19.4. The molecule has 0 saturated heterocycles. The lowest BCUT2D eigenvalue weighted by Crippen LogP contribution is -2.57. The van der Waals surface area contributed by atoms with Crippen molar-refractivity contribution in [3.63, 3.8) is 0 Å². The maximum atomic E-state index is 6.96. The van der Waals surface area contributed by atoms with Crippen LogP contribution in [0.1, 0.15) is 93.7 Å². The fraction of sp³-hybridized carbons (Fsp3) is 0.236. The van der Waals surface area contributed by atoms with Crippen LogP contribution in [0.15, 0.2) is 138 Å². The summed E-state index contributed by atoms with van der Waals surface area (Å²) in [7, 11) is 2.55. The van der Waals surface area contributed by atoms with E-state index < -0.39 is 5.41 Å². The highest BCUT2D eigenvalue weighted by atomic mass is 16.3. The predicted octanol–water partition coefficient (Wildman–Crippen LogP) is 12.7. The van der Waals surface area contributed by atoms with E-state index in [0.29, 0.717) is 0 Å². The van der Waals surface area contributed by atoms with Crippen LogP contribution in [0.25, 0.3) is 44.2 Å². The lowest BCUT2D eigenvalue weighted by Gasteiger charge is -2.51. The van der Waals surface area contributed by atoms with Gasteiger partial charge in [-0.15, -0.1) is 0 Å². The van der Waals surface area contributed by atoms with Crippen LogP contribution < -0.4 is 21.1 Å². The Morgan fingerprint density at radius 3 is 2.08 bits per heavy atom. The van der Waals surface area contributed by atoms with Crippen LogP contribution in [-0.2, 0) is 16.2 Å². The molecule has 1 N–H and O–H groups in total. The third-order valence-electron chi connectivity index (χ3n) is 15.6. The molecular formula is C55H46BN2O. The molecule has 1 saturated carbocycles. The Hall–Kier alpha value is -6.00. The summed E-state index contributed by atoms with van der Waals surface area (Å²) in [5.41, 5.74) is 22.1. The first kappa shape index (κ1) is 33.9. The molecule has 2 atom stereocenters. The molecule has 285 valence electrons. The number of para-hydroxylation sites is 3. The lowest BCUT2D eigenvalue weighted by molar-refractivity contribution is 0.195. The smallest absolute Gasteiger partial charge is 0.197 e. The quantitative estimate of drug-likeness (QED) is 0.169. The summed E-state index contributed by atoms with van der Waals surface area (Å²) in [6, 6.07) is 50.4. The zero-order valence-corrected chi connectivity index (χ0v) is 34.5. The highest BCUT2D eigenvalue weighted by Crippen LogP contribution is 2.64. The zero-order chi connectivity index (χ0) is 39.6. The number of nitrogens with zero attached hydrogens (tertiary/aromatic N) is 1. The Morgan fingerprint density at radius 1 is 0.644 bits per heavy atom. The fourth-order valence-electron chi connectivity index (χ4n) is 12.7. The molecule has 3 nitrogen and oxygen atoms in total. The van der Waals surface area contributed by atoms with Gasteiger partial charge in [-0.3, -0.25) is 0 Å². The van der Waals surface area contributed by atoms with E-state index in [1.54, 1.807) is 0 Å². The summed E-state index contributed by atoms with van der Waals surface area (Å²) in [6.07, 6.45) is 4.83. The molecule has 2 unspecified atom stereocenters. The van der Waals surface area contributed by atoms with Gasteiger partial charge in [-0.25, -0.2) is 0 Å². The number of fused-ring (bicyclic) bond motifs is 17. The molecule has 1 aromatic heterocycles.